The van der Waals surface area contributed by atoms with E-state index < -0.39 is 73.2 Å². The molecule has 2 aliphatic heterocycles. The molecule has 11 heteroatoms. The number of benzene rings is 2. The Morgan fingerprint density at radius 3 is 1.59 bits per heavy atom. The standard InChI is InChI=1S/C33H36O11/c34-12-11-25-29(38)31(40)27(36)23(43-25)9-3-16-1-7-19-20-8-2-17(14-22(20)33(42,18-5-6-18)21(19)13-16)4-10-24-28(37)32(41)30(39)26(15-35)44-24/h1-2,7-8,13-14,18,23-32,34-42H,5-6,11-12,15H2/t23-,24-,25-,26-,27-,28-,29-,30-,31-,32-,33?/m1/s1. The van der Waals surface area contributed by atoms with Gasteiger partial charge in [0.05, 0.1) is 12.7 Å². The maximum atomic E-state index is 12.2. The number of aliphatic hydroxyl groups is 9. The highest BCUT2D eigenvalue weighted by Gasteiger charge is 2.52. The summed E-state index contributed by atoms with van der Waals surface area (Å²) in [6.07, 6.45) is -11.2. The second-order valence-electron chi connectivity index (χ2n) is 11.9. The van der Waals surface area contributed by atoms with E-state index in [4.69, 9.17) is 9.47 Å². The minimum atomic E-state index is -1.53. The monoisotopic (exact) mass is 608 g/mol. The van der Waals surface area contributed by atoms with Gasteiger partial charge in [0.1, 0.15) is 60.5 Å². The van der Waals surface area contributed by atoms with Crippen LogP contribution in [0.15, 0.2) is 36.4 Å². The molecule has 0 radical (unpaired) electrons. The smallest absolute Gasteiger partial charge is 0.147 e. The fourth-order valence-electron chi connectivity index (χ4n) is 6.40. The first-order valence-electron chi connectivity index (χ1n) is 14.7. The van der Waals surface area contributed by atoms with Crippen LogP contribution in [0.4, 0.5) is 0 Å². The molecule has 6 rings (SSSR count). The molecule has 2 aromatic carbocycles. The van der Waals surface area contributed by atoms with Gasteiger partial charge in [0.2, 0.25) is 0 Å². The second kappa shape index (κ2) is 12.1. The first kappa shape index (κ1) is 31.1. The molecule has 1 unspecified atom stereocenters. The molecule has 234 valence electrons. The van der Waals surface area contributed by atoms with Crippen LogP contribution in [0.5, 0.6) is 0 Å². The molecule has 2 aromatic rings. The Hall–Kier alpha value is -2.88. The Labute approximate surface area is 254 Å². The highest BCUT2D eigenvalue weighted by molar-refractivity contribution is 5.82. The maximum absolute atomic E-state index is 12.2. The number of hydrogen-bond acceptors (Lipinski definition) is 11. The molecule has 0 amide bonds. The highest BCUT2D eigenvalue weighted by Crippen LogP contribution is 2.58. The summed E-state index contributed by atoms with van der Waals surface area (Å²) in [5, 5.41) is 92.2. The predicted octanol–water partition coefficient (Wildman–Crippen LogP) is -1.91. The number of fused-ring (bicyclic) bond motifs is 3. The molecule has 1 saturated carbocycles. The van der Waals surface area contributed by atoms with E-state index in [2.05, 4.69) is 23.7 Å². The van der Waals surface area contributed by atoms with Crippen molar-refractivity contribution < 1.29 is 55.4 Å². The molecule has 9 N–H and O–H groups in total. The summed E-state index contributed by atoms with van der Waals surface area (Å²) >= 11 is 0. The van der Waals surface area contributed by atoms with Crippen LogP contribution in [0.1, 0.15) is 41.5 Å². The van der Waals surface area contributed by atoms with Crippen molar-refractivity contribution in [3.8, 4) is 34.8 Å². The average molecular weight is 609 g/mol. The third-order valence-corrected chi connectivity index (χ3v) is 9.05. The average Bonchev–Trinajstić information content (AvgIpc) is 3.86. The van der Waals surface area contributed by atoms with Crippen LogP contribution in [-0.2, 0) is 15.1 Å². The van der Waals surface area contributed by atoms with Gasteiger partial charge in [-0.15, -0.1) is 0 Å². The summed E-state index contributed by atoms with van der Waals surface area (Å²) < 4.78 is 11.2. The maximum Gasteiger partial charge on any atom is 0.147 e. The number of ether oxygens (including phenoxy) is 2. The normalized spacial score (nSPS) is 37.7. The zero-order chi connectivity index (χ0) is 31.3. The number of rotatable bonds is 4. The van der Waals surface area contributed by atoms with Gasteiger partial charge in [0.15, 0.2) is 0 Å². The fourth-order valence-corrected chi connectivity index (χ4v) is 6.40. The predicted molar refractivity (Wildman–Crippen MR) is 154 cm³/mol. The zero-order valence-corrected chi connectivity index (χ0v) is 23.7. The van der Waals surface area contributed by atoms with Crippen LogP contribution >= 0.6 is 0 Å². The quantitative estimate of drug-likeness (QED) is 0.176. The molecule has 2 saturated heterocycles. The zero-order valence-electron chi connectivity index (χ0n) is 23.7. The molecule has 44 heavy (non-hydrogen) atoms. The SMILES string of the molecule is OCC[C@H]1O[C@H](C#Cc2ccc3c(c2)C(O)(C2CC2)c2cc(C#C[C@H]4O[C@H](CO)[C@@H](O)[C@H](O)[C@@H]4O)ccc2-3)[C@@H](O)[C@@H](O)[C@@H]1O. The van der Waals surface area contributed by atoms with Crippen molar-refractivity contribution in [2.45, 2.75) is 85.9 Å². The van der Waals surface area contributed by atoms with E-state index in [1.54, 1.807) is 24.3 Å². The fraction of sp³-hybridized carbons (Fsp3) is 0.515. The van der Waals surface area contributed by atoms with Crippen molar-refractivity contribution in [3.05, 3.63) is 58.7 Å². The van der Waals surface area contributed by atoms with E-state index in [-0.39, 0.29) is 18.9 Å². The molecule has 0 spiro atoms. The highest BCUT2D eigenvalue weighted by atomic mass is 16.5. The second-order valence-corrected chi connectivity index (χ2v) is 11.9. The van der Waals surface area contributed by atoms with Gasteiger partial charge in [-0.1, -0.05) is 35.8 Å². The molecule has 11 nitrogen and oxygen atoms in total. The summed E-state index contributed by atoms with van der Waals surface area (Å²) in [6, 6.07) is 10.9. The van der Waals surface area contributed by atoms with Crippen LogP contribution in [0, 0.1) is 29.6 Å². The lowest BCUT2D eigenvalue weighted by Crippen LogP contribution is -2.58. The van der Waals surface area contributed by atoms with Gasteiger partial charge in [-0.3, -0.25) is 0 Å². The molecule has 0 bridgehead atoms. The van der Waals surface area contributed by atoms with Crippen molar-refractivity contribution in [2.75, 3.05) is 13.2 Å². The molecule has 4 aliphatic rings. The first-order chi connectivity index (χ1) is 21.1. The van der Waals surface area contributed by atoms with Gasteiger partial charge in [-0.2, -0.15) is 0 Å². The molecule has 2 aliphatic carbocycles. The molecule has 0 aromatic heterocycles. The van der Waals surface area contributed by atoms with Crippen LogP contribution in [0.25, 0.3) is 11.1 Å². The summed E-state index contributed by atoms with van der Waals surface area (Å²) in [4.78, 5) is 0. The van der Waals surface area contributed by atoms with E-state index in [9.17, 15) is 46.0 Å². The van der Waals surface area contributed by atoms with E-state index in [1.165, 1.54) is 0 Å². The Bertz CT molecular complexity index is 1520. The Morgan fingerprint density at radius 1 is 0.659 bits per heavy atom. The summed E-state index contributed by atoms with van der Waals surface area (Å²) in [7, 11) is 0. The Balaban J connectivity index is 1.28. The van der Waals surface area contributed by atoms with Crippen molar-refractivity contribution in [1.29, 1.82) is 0 Å². The largest absolute Gasteiger partial charge is 0.396 e. The van der Waals surface area contributed by atoms with Crippen molar-refractivity contribution >= 4 is 0 Å². The molecular weight excluding hydrogens is 572 g/mol. The number of hydrogen-bond donors (Lipinski definition) is 9. The van der Waals surface area contributed by atoms with E-state index in [0.29, 0.717) is 22.3 Å². The summed E-state index contributed by atoms with van der Waals surface area (Å²) in [5.41, 5.74) is 2.81. The van der Waals surface area contributed by atoms with E-state index in [0.717, 1.165) is 24.0 Å². The molecule has 11 atom stereocenters. The van der Waals surface area contributed by atoms with Gasteiger partial charge >= 0.3 is 0 Å². The third kappa shape index (κ3) is 5.35. The van der Waals surface area contributed by atoms with E-state index in [1.807, 2.05) is 12.1 Å². The van der Waals surface area contributed by atoms with Crippen LogP contribution in [0.2, 0.25) is 0 Å². The topological polar surface area (TPSA) is 201 Å². The van der Waals surface area contributed by atoms with Crippen molar-refractivity contribution in [1.82, 2.24) is 0 Å². The first-order valence-corrected chi connectivity index (χ1v) is 14.7. The molecular formula is C33H36O11. The van der Waals surface area contributed by atoms with Crippen molar-refractivity contribution in [2.24, 2.45) is 5.92 Å². The minimum Gasteiger partial charge on any atom is -0.396 e. The van der Waals surface area contributed by atoms with Crippen LogP contribution in [-0.4, -0.2) is 120 Å². The lowest BCUT2D eigenvalue weighted by atomic mass is 9.85. The van der Waals surface area contributed by atoms with Gasteiger partial charge in [0.25, 0.3) is 0 Å². The molecule has 2 heterocycles. The lowest BCUT2D eigenvalue weighted by molar-refractivity contribution is -0.214. The Morgan fingerprint density at radius 2 is 1.14 bits per heavy atom. The summed E-state index contributed by atoms with van der Waals surface area (Å²) in [5.74, 6) is 11.5. The lowest BCUT2D eigenvalue weighted by Gasteiger charge is -2.38. The van der Waals surface area contributed by atoms with Crippen molar-refractivity contribution in [3.63, 3.8) is 0 Å². The third-order valence-electron chi connectivity index (χ3n) is 9.05. The van der Waals surface area contributed by atoms with Crippen LogP contribution in [0.3, 0.4) is 0 Å². The van der Waals surface area contributed by atoms with Crippen LogP contribution < -0.4 is 0 Å². The van der Waals surface area contributed by atoms with Gasteiger partial charge < -0.3 is 55.4 Å². The number of aliphatic hydroxyl groups excluding tert-OH is 8. The van der Waals surface area contributed by atoms with E-state index >= 15 is 0 Å². The van der Waals surface area contributed by atoms with Gasteiger partial charge in [-0.25, -0.2) is 0 Å². The minimum absolute atomic E-state index is 0.0289. The Kier molecular flexibility index (Phi) is 8.58. The molecule has 3 fully saturated rings. The van der Waals surface area contributed by atoms with Gasteiger partial charge in [-0.05, 0) is 71.7 Å². The van der Waals surface area contributed by atoms with Gasteiger partial charge in [0, 0.05) is 17.7 Å². The summed E-state index contributed by atoms with van der Waals surface area (Å²) in [6.45, 7) is -0.818.